The zero-order valence-corrected chi connectivity index (χ0v) is 10.9. The minimum absolute atomic E-state index is 0.998. The molecule has 0 aliphatic heterocycles. The topological polar surface area (TPSA) is 0 Å². The molecule has 1 unspecified atom stereocenters. The zero-order valence-electron chi connectivity index (χ0n) is 10.9. The van der Waals surface area contributed by atoms with Crippen LogP contribution < -0.4 is 0 Å². The van der Waals surface area contributed by atoms with Crippen molar-refractivity contribution in [3.05, 3.63) is 5.92 Å². The maximum atomic E-state index is 2.37. The molecule has 0 amide bonds. The molecule has 15 heavy (non-hydrogen) atoms. The molecular formula is C15H29. The summed E-state index contributed by atoms with van der Waals surface area (Å²) in [6.45, 7) is 4.68. The van der Waals surface area contributed by atoms with Crippen LogP contribution in [-0.2, 0) is 0 Å². The third kappa shape index (κ3) is 5.58. The van der Waals surface area contributed by atoms with Gasteiger partial charge in [-0.15, -0.1) is 0 Å². The average Bonchev–Trinajstić information content (AvgIpc) is 2.52. The van der Waals surface area contributed by atoms with Crippen molar-refractivity contribution in [2.75, 3.05) is 0 Å². The van der Waals surface area contributed by atoms with E-state index >= 15 is 0 Å². The van der Waals surface area contributed by atoms with Crippen molar-refractivity contribution in [2.24, 2.45) is 5.92 Å². The summed E-state index contributed by atoms with van der Waals surface area (Å²) in [5.41, 5.74) is 0. The lowest BCUT2D eigenvalue weighted by molar-refractivity contribution is 0.411. The Morgan fingerprint density at radius 1 is 1.00 bits per heavy atom. The molecule has 0 bridgehead atoms. The van der Waals surface area contributed by atoms with E-state index in [2.05, 4.69) is 13.8 Å². The lowest BCUT2D eigenvalue weighted by atomic mass is 9.85. The first-order valence-corrected chi connectivity index (χ1v) is 7.20. The van der Waals surface area contributed by atoms with Crippen molar-refractivity contribution >= 4 is 0 Å². The fourth-order valence-electron chi connectivity index (χ4n) is 2.78. The normalized spacial score (nSPS) is 21.2. The second-order valence-electron chi connectivity index (χ2n) is 5.28. The molecule has 0 aromatic rings. The van der Waals surface area contributed by atoms with Crippen LogP contribution in [-0.4, -0.2) is 0 Å². The quantitative estimate of drug-likeness (QED) is 0.505. The first-order chi connectivity index (χ1) is 7.36. The van der Waals surface area contributed by atoms with Gasteiger partial charge in [-0.1, -0.05) is 65.2 Å². The Hall–Kier alpha value is 0. The molecule has 1 radical (unpaired) electrons. The SMILES string of the molecule is CCCCC(CC)C[C]1CCCCCC1. The van der Waals surface area contributed by atoms with Crippen LogP contribution in [0.5, 0.6) is 0 Å². The summed E-state index contributed by atoms with van der Waals surface area (Å²) in [7, 11) is 0. The van der Waals surface area contributed by atoms with Crippen LogP contribution in [0.2, 0.25) is 0 Å². The second kappa shape index (κ2) is 8.19. The van der Waals surface area contributed by atoms with Gasteiger partial charge in [-0.3, -0.25) is 0 Å². The van der Waals surface area contributed by atoms with E-state index in [0.29, 0.717) is 0 Å². The van der Waals surface area contributed by atoms with Gasteiger partial charge in [0, 0.05) is 0 Å². The molecule has 89 valence electrons. The van der Waals surface area contributed by atoms with Crippen LogP contribution in [0, 0.1) is 11.8 Å². The molecule has 0 aromatic carbocycles. The van der Waals surface area contributed by atoms with Crippen LogP contribution in [0.1, 0.15) is 84.5 Å². The molecule has 0 saturated heterocycles. The Morgan fingerprint density at radius 3 is 2.20 bits per heavy atom. The average molecular weight is 209 g/mol. The minimum atomic E-state index is 0.998. The number of hydrogen-bond acceptors (Lipinski definition) is 0. The van der Waals surface area contributed by atoms with Crippen molar-refractivity contribution in [2.45, 2.75) is 84.5 Å². The summed E-state index contributed by atoms with van der Waals surface area (Å²) in [4.78, 5) is 0. The molecule has 1 aliphatic rings. The van der Waals surface area contributed by atoms with Gasteiger partial charge in [0.1, 0.15) is 0 Å². The fourth-order valence-corrected chi connectivity index (χ4v) is 2.78. The van der Waals surface area contributed by atoms with E-state index in [4.69, 9.17) is 0 Å². The van der Waals surface area contributed by atoms with E-state index in [1.54, 1.807) is 0 Å². The molecule has 1 aliphatic carbocycles. The highest BCUT2D eigenvalue weighted by molar-refractivity contribution is 4.92. The molecule has 0 spiro atoms. The van der Waals surface area contributed by atoms with Crippen molar-refractivity contribution in [1.82, 2.24) is 0 Å². The van der Waals surface area contributed by atoms with E-state index < -0.39 is 0 Å². The summed E-state index contributed by atoms with van der Waals surface area (Å²) in [5.74, 6) is 2.90. The van der Waals surface area contributed by atoms with Gasteiger partial charge in [-0.2, -0.15) is 0 Å². The van der Waals surface area contributed by atoms with Crippen LogP contribution in [0.25, 0.3) is 0 Å². The summed E-state index contributed by atoms with van der Waals surface area (Å²) >= 11 is 0. The molecular weight excluding hydrogens is 180 g/mol. The maximum absolute atomic E-state index is 2.37. The zero-order chi connectivity index (χ0) is 10.9. The molecule has 0 nitrogen and oxygen atoms in total. The molecule has 0 N–H and O–H groups in total. The van der Waals surface area contributed by atoms with Crippen LogP contribution >= 0.6 is 0 Å². The van der Waals surface area contributed by atoms with Crippen LogP contribution in [0.3, 0.4) is 0 Å². The first kappa shape index (κ1) is 13.1. The minimum Gasteiger partial charge on any atom is -0.0654 e. The van der Waals surface area contributed by atoms with Gasteiger partial charge in [0.15, 0.2) is 0 Å². The van der Waals surface area contributed by atoms with E-state index in [-0.39, 0.29) is 0 Å². The molecule has 1 atom stereocenters. The highest BCUT2D eigenvalue weighted by atomic mass is 14.2. The Morgan fingerprint density at radius 2 is 1.67 bits per heavy atom. The van der Waals surface area contributed by atoms with Gasteiger partial charge in [0.2, 0.25) is 0 Å². The standard InChI is InChI=1S/C15H29/c1-3-5-10-14(4-2)13-15-11-8-6-7-9-12-15/h14H,3-13H2,1-2H3. The molecule has 0 aromatic heterocycles. The predicted octanol–water partition coefficient (Wildman–Crippen LogP) is 5.52. The van der Waals surface area contributed by atoms with Gasteiger partial charge in [0.25, 0.3) is 0 Å². The molecule has 1 fully saturated rings. The Bertz CT molecular complexity index is 131. The van der Waals surface area contributed by atoms with Crippen molar-refractivity contribution < 1.29 is 0 Å². The van der Waals surface area contributed by atoms with E-state index in [1.165, 1.54) is 70.6 Å². The van der Waals surface area contributed by atoms with Crippen molar-refractivity contribution in [3.8, 4) is 0 Å². The second-order valence-corrected chi connectivity index (χ2v) is 5.28. The Kier molecular flexibility index (Phi) is 7.13. The lowest BCUT2D eigenvalue weighted by Crippen LogP contribution is -2.06. The smallest absolute Gasteiger partial charge is 0.0238 e. The Balaban J connectivity index is 2.22. The summed E-state index contributed by atoms with van der Waals surface area (Å²) < 4.78 is 0. The van der Waals surface area contributed by atoms with Gasteiger partial charge in [-0.05, 0) is 31.1 Å². The van der Waals surface area contributed by atoms with Crippen molar-refractivity contribution in [3.63, 3.8) is 0 Å². The molecule has 1 rings (SSSR count). The lowest BCUT2D eigenvalue weighted by Gasteiger charge is -2.20. The fraction of sp³-hybridized carbons (Fsp3) is 0.933. The van der Waals surface area contributed by atoms with E-state index in [0.717, 1.165) is 5.92 Å². The van der Waals surface area contributed by atoms with Crippen LogP contribution in [0.4, 0.5) is 0 Å². The van der Waals surface area contributed by atoms with Crippen molar-refractivity contribution in [1.29, 1.82) is 0 Å². The number of rotatable bonds is 6. The monoisotopic (exact) mass is 209 g/mol. The summed E-state index contributed by atoms with van der Waals surface area (Å²) in [6, 6.07) is 0. The maximum Gasteiger partial charge on any atom is -0.0238 e. The summed E-state index contributed by atoms with van der Waals surface area (Å²) in [6.07, 6.45) is 15.9. The van der Waals surface area contributed by atoms with Gasteiger partial charge in [0.05, 0.1) is 0 Å². The molecule has 0 heterocycles. The van der Waals surface area contributed by atoms with Gasteiger partial charge < -0.3 is 0 Å². The summed E-state index contributed by atoms with van der Waals surface area (Å²) in [5, 5.41) is 0. The van der Waals surface area contributed by atoms with Crippen LogP contribution in [0.15, 0.2) is 0 Å². The Labute approximate surface area is 96.8 Å². The number of hydrogen-bond donors (Lipinski definition) is 0. The first-order valence-electron chi connectivity index (χ1n) is 7.20. The largest absolute Gasteiger partial charge is 0.0654 e. The highest BCUT2D eigenvalue weighted by Gasteiger charge is 2.17. The third-order valence-electron chi connectivity index (χ3n) is 3.93. The third-order valence-corrected chi connectivity index (χ3v) is 3.93. The predicted molar refractivity (Wildman–Crippen MR) is 68.9 cm³/mol. The molecule has 1 saturated carbocycles. The van der Waals surface area contributed by atoms with Gasteiger partial charge in [-0.25, -0.2) is 0 Å². The van der Waals surface area contributed by atoms with E-state index in [9.17, 15) is 0 Å². The van der Waals surface area contributed by atoms with Gasteiger partial charge >= 0.3 is 0 Å². The molecule has 0 heteroatoms. The number of unbranched alkanes of at least 4 members (excludes halogenated alkanes) is 1. The highest BCUT2D eigenvalue weighted by Crippen LogP contribution is 2.32. The van der Waals surface area contributed by atoms with E-state index in [1.807, 2.05) is 5.92 Å².